The summed E-state index contributed by atoms with van der Waals surface area (Å²) in [6.45, 7) is 5.54. The van der Waals surface area contributed by atoms with Crippen LogP contribution in [-0.4, -0.2) is 50.8 Å². The number of hydrogen-bond acceptors (Lipinski definition) is 3. The van der Waals surface area contributed by atoms with Crippen LogP contribution in [0.1, 0.15) is 30.9 Å². The molecule has 1 aromatic carbocycles. The van der Waals surface area contributed by atoms with Gasteiger partial charge in [-0.25, -0.2) is 0 Å². The molecule has 0 aliphatic carbocycles. The van der Waals surface area contributed by atoms with E-state index >= 15 is 0 Å². The van der Waals surface area contributed by atoms with Crippen LogP contribution in [0, 0.1) is 0 Å². The van der Waals surface area contributed by atoms with Crippen molar-refractivity contribution in [3.63, 3.8) is 0 Å². The summed E-state index contributed by atoms with van der Waals surface area (Å²) >= 11 is 0. The molecule has 1 aliphatic heterocycles. The third-order valence-electron chi connectivity index (χ3n) is 4.14. The molecule has 5 heteroatoms. The third kappa shape index (κ3) is 5.84. The monoisotopic (exact) mass is 318 g/mol. The van der Waals surface area contributed by atoms with E-state index < -0.39 is 0 Å². The SMILES string of the molecule is CN=C(NCc1ccc(CN(C)C)cc1)NCC1(C)CCCO1. The van der Waals surface area contributed by atoms with Crippen LogP contribution in [0.2, 0.25) is 0 Å². The van der Waals surface area contributed by atoms with E-state index in [9.17, 15) is 0 Å². The minimum absolute atomic E-state index is 0.0640. The van der Waals surface area contributed by atoms with Gasteiger partial charge in [0.1, 0.15) is 0 Å². The van der Waals surface area contributed by atoms with Crippen LogP contribution in [0.3, 0.4) is 0 Å². The van der Waals surface area contributed by atoms with Gasteiger partial charge in [-0.2, -0.15) is 0 Å². The van der Waals surface area contributed by atoms with Gasteiger partial charge in [-0.3, -0.25) is 4.99 Å². The lowest BCUT2D eigenvalue weighted by atomic mass is 10.0. The fourth-order valence-corrected chi connectivity index (χ4v) is 2.78. The minimum Gasteiger partial charge on any atom is -0.373 e. The van der Waals surface area contributed by atoms with Crippen LogP contribution in [-0.2, 0) is 17.8 Å². The Bertz CT molecular complexity index is 504. The molecule has 1 unspecified atom stereocenters. The van der Waals surface area contributed by atoms with Gasteiger partial charge in [0.2, 0.25) is 0 Å². The summed E-state index contributed by atoms with van der Waals surface area (Å²) in [5.74, 6) is 0.819. The predicted molar refractivity (Wildman–Crippen MR) is 95.6 cm³/mol. The minimum atomic E-state index is -0.0640. The van der Waals surface area contributed by atoms with E-state index in [-0.39, 0.29) is 5.60 Å². The molecular formula is C18H30N4O. The number of ether oxygens (including phenoxy) is 1. The highest BCUT2D eigenvalue weighted by Crippen LogP contribution is 2.23. The zero-order valence-corrected chi connectivity index (χ0v) is 14.9. The molecule has 1 aliphatic rings. The summed E-state index contributed by atoms with van der Waals surface area (Å²) in [6.07, 6.45) is 2.24. The van der Waals surface area contributed by atoms with Gasteiger partial charge in [-0.05, 0) is 45.0 Å². The van der Waals surface area contributed by atoms with Crippen molar-refractivity contribution in [1.82, 2.24) is 15.5 Å². The number of hydrogen-bond donors (Lipinski definition) is 2. The first-order valence-electron chi connectivity index (χ1n) is 8.32. The first kappa shape index (κ1) is 17.8. The Hall–Kier alpha value is -1.59. The molecule has 0 radical (unpaired) electrons. The standard InChI is InChI=1S/C18H30N4O/c1-18(10-5-11-23-18)14-21-17(19-2)20-12-15-6-8-16(9-7-15)13-22(3)4/h6-9H,5,10-14H2,1-4H3,(H2,19,20,21). The molecule has 0 spiro atoms. The molecule has 23 heavy (non-hydrogen) atoms. The topological polar surface area (TPSA) is 48.9 Å². The molecule has 2 N–H and O–H groups in total. The van der Waals surface area contributed by atoms with Crippen molar-refractivity contribution in [2.45, 2.75) is 38.5 Å². The number of nitrogens with zero attached hydrogens (tertiary/aromatic N) is 2. The Morgan fingerprint density at radius 3 is 2.48 bits per heavy atom. The number of rotatable bonds is 6. The van der Waals surface area contributed by atoms with E-state index in [1.54, 1.807) is 7.05 Å². The second kappa shape index (κ2) is 8.31. The largest absolute Gasteiger partial charge is 0.373 e. The highest BCUT2D eigenvalue weighted by Gasteiger charge is 2.29. The molecule has 1 aromatic rings. The van der Waals surface area contributed by atoms with Gasteiger partial charge >= 0.3 is 0 Å². The average molecular weight is 318 g/mol. The van der Waals surface area contributed by atoms with E-state index in [4.69, 9.17) is 4.74 Å². The third-order valence-corrected chi connectivity index (χ3v) is 4.14. The molecule has 5 nitrogen and oxygen atoms in total. The Morgan fingerprint density at radius 1 is 1.22 bits per heavy atom. The van der Waals surface area contributed by atoms with E-state index in [0.29, 0.717) is 0 Å². The molecule has 1 saturated heterocycles. The molecule has 1 heterocycles. The number of benzene rings is 1. The van der Waals surface area contributed by atoms with Crippen LogP contribution in [0.4, 0.5) is 0 Å². The van der Waals surface area contributed by atoms with Crippen LogP contribution in [0.5, 0.6) is 0 Å². The lowest BCUT2D eigenvalue weighted by Gasteiger charge is -2.24. The molecule has 0 bridgehead atoms. The Labute approximate surface area is 140 Å². The first-order valence-corrected chi connectivity index (χ1v) is 8.32. The lowest BCUT2D eigenvalue weighted by molar-refractivity contribution is 0.0243. The molecule has 128 valence electrons. The molecule has 0 saturated carbocycles. The van der Waals surface area contributed by atoms with Crippen LogP contribution >= 0.6 is 0 Å². The van der Waals surface area contributed by atoms with E-state index in [1.165, 1.54) is 11.1 Å². The van der Waals surface area contributed by atoms with Crippen molar-refractivity contribution >= 4 is 5.96 Å². The summed E-state index contributed by atoms with van der Waals surface area (Å²) in [5.41, 5.74) is 2.51. The first-order chi connectivity index (χ1) is 11.0. The number of nitrogens with one attached hydrogen (secondary N) is 2. The van der Waals surface area contributed by atoms with Gasteiger partial charge < -0.3 is 20.3 Å². The molecule has 0 amide bonds. The van der Waals surface area contributed by atoms with Gasteiger partial charge in [0.25, 0.3) is 0 Å². The summed E-state index contributed by atoms with van der Waals surface area (Å²) in [4.78, 5) is 6.46. The second-order valence-corrected chi connectivity index (χ2v) is 6.74. The molecule has 2 rings (SSSR count). The van der Waals surface area contributed by atoms with Crippen molar-refractivity contribution in [3.05, 3.63) is 35.4 Å². The van der Waals surface area contributed by atoms with E-state index in [0.717, 1.165) is 45.0 Å². The normalized spacial score (nSPS) is 21.7. The molecule has 1 atom stereocenters. The summed E-state index contributed by atoms with van der Waals surface area (Å²) in [5, 5.41) is 6.73. The quantitative estimate of drug-likeness (QED) is 0.622. The van der Waals surface area contributed by atoms with Gasteiger partial charge in [-0.1, -0.05) is 24.3 Å². The second-order valence-electron chi connectivity index (χ2n) is 6.74. The van der Waals surface area contributed by atoms with Crippen molar-refractivity contribution in [3.8, 4) is 0 Å². The maximum atomic E-state index is 5.79. The molecular weight excluding hydrogens is 288 g/mol. The smallest absolute Gasteiger partial charge is 0.191 e. The van der Waals surface area contributed by atoms with E-state index in [2.05, 4.69) is 65.8 Å². The van der Waals surface area contributed by atoms with E-state index in [1.807, 2.05) is 0 Å². The maximum Gasteiger partial charge on any atom is 0.191 e. The zero-order valence-electron chi connectivity index (χ0n) is 14.9. The Kier molecular flexibility index (Phi) is 6.42. The van der Waals surface area contributed by atoms with Crippen molar-refractivity contribution in [2.24, 2.45) is 4.99 Å². The number of guanidine groups is 1. The Morgan fingerprint density at radius 2 is 1.91 bits per heavy atom. The summed E-state index contributed by atoms with van der Waals surface area (Å²) < 4.78 is 5.79. The molecule has 1 fully saturated rings. The van der Waals surface area contributed by atoms with Gasteiger partial charge in [-0.15, -0.1) is 0 Å². The summed E-state index contributed by atoms with van der Waals surface area (Å²) in [6, 6.07) is 8.70. The van der Waals surface area contributed by atoms with Gasteiger partial charge in [0.15, 0.2) is 5.96 Å². The van der Waals surface area contributed by atoms with Crippen LogP contribution in [0.25, 0.3) is 0 Å². The zero-order chi connectivity index (χ0) is 16.7. The summed E-state index contributed by atoms with van der Waals surface area (Å²) in [7, 11) is 5.97. The van der Waals surface area contributed by atoms with Gasteiger partial charge in [0.05, 0.1) is 5.60 Å². The van der Waals surface area contributed by atoms with Gasteiger partial charge in [0, 0.05) is 33.3 Å². The molecule has 0 aromatic heterocycles. The number of aliphatic imine (C=N–C) groups is 1. The highest BCUT2D eigenvalue weighted by atomic mass is 16.5. The van der Waals surface area contributed by atoms with Crippen LogP contribution < -0.4 is 10.6 Å². The fourth-order valence-electron chi connectivity index (χ4n) is 2.78. The van der Waals surface area contributed by atoms with Crippen molar-refractivity contribution < 1.29 is 4.74 Å². The van der Waals surface area contributed by atoms with Crippen molar-refractivity contribution in [2.75, 3.05) is 34.3 Å². The Balaban J connectivity index is 1.78. The maximum absolute atomic E-state index is 5.79. The van der Waals surface area contributed by atoms with Crippen molar-refractivity contribution in [1.29, 1.82) is 0 Å². The highest BCUT2D eigenvalue weighted by molar-refractivity contribution is 5.79. The lowest BCUT2D eigenvalue weighted by Crippen LogP contribution is -2.45. The fraction of sp³-hybridized carbons (Fsp3) is 0.611. The van der Waals surface area contributed by atoms with Crippen LogP contribution in [0.15, 0.2) is 29.3 Å². The average Bonchev–Trinajstić information content (AvgIpc) is 2.95. The predicted octanol–water partition coefficient (Wildman–Crippen LogP) is 1.98.